The van der Waals surface area contributed by atoms with Crippen LogP contribution in [0.5, 0.6) is 5.75 Å². The molecule has 2 saturated heterocycles. The molecular weight excluding hydrogens is 386 g/mol. The molecule has 0 radical (unpaired) electrons. The Bertz CT molecular complexity index is 885. The molecule has 3 atom stereocenters. The van der Waals surface area contributed by atoms with Crippen molar-refractivity contribution < 1.29 is 9.16 Å². The number of nitrogens with zero attached hydrogens (tertiary/aromatic N) is 1. The van der Waals surface area contributed by atoms with E-state index in [-0.39, 0.29) is 11.1 Å². The predicted octanol–water partition coefficient (Wildman–Crippen LogP) is 6.40. The lowest BCUT2D eigenvalue weighted by molar-refractivity contribution is 0.117. The number of fused-ring (bicyclic) bond motifs is 1. The normalized spacial score (nSPS) is 24.6. The van der Waals surface area contributed by atoms with Crippen molar-refractivity contribution in [2.45, 2.75) is 51.6 Å². The Hall–Kier alpha value is -2.04. The molecule has 2 heterocycles. The molecule has 2 aliphatic heterocycles. The Kier molecular flexibility index (Phi) is 5.58. The molecule has 2 aromatic carbocycles. The summed E-state index contributed by atoms with van der Waals surface area (Å²) < 4.78 is 12.7. The number of hydrogen-bond donors (Lipinski definition) is 0. The summed E-state index contributed by atoms with van der Waals surface area (Å²) in [4.78, 5) is 2.54. The van der Waals surface area contributed by atoms with Gasteiger partial charge in [0.05, 0.1) is 5.76 Å². The molecule has 160 valence electrons. The molecule has 0 bridgehead atoms. The van der Waals surface area contributed by atoms with E-state index in [1.54, 1.807) is 0 Å². The van der Waals surface area contributed by atoms with E-state index in [0.29, 0.717) is 11.8 Å². The van der Waals surface area contributed by atoms with E-state index in [0.717, 1.165) is 31.1 Å². The van der Waals surface area contributed by atoms with Crippen LogP contribution in [0.4, 0.5) is 0 Å². The van der Waals surface area contributed by atoms with E-state index in [1.165, 1.54) is 11.1 Å². The van der Waals surface area contributed by atoms with Gasteiger partial charge < -0.3 is 9.16 Å². The standard InChI is InChI=1S/C26H35NO2Si/c1-19-23-17-27(16-20-10-8-7-9-11-20)18-24(23)25(28-19)21-12-14-22(15-13-21)29-30(5,6)26(2,3)4/h7-15,23-25H,1,16-18H2,2-6H3/t23-,24-,25?/m1/s1. The van der Waals surface area contributed by atoms with E-state index in [9.17, 15) is 0 Å². The maximum atomic E-state index is 6.45. The smallest absolute Gasteiger partial charge is 0.250 e. The largest absolute Gasteiger partial charge is 0.544 e. The molecule has 0 saturated carbocycles. The number of ether oxygens (including phenoxy) is 1. The van der Waals surface area contributed by atoms with Gasteiger partial charge in [0.25, 0.3) is 0 Å². The topological polar surface area (TPSA) is 21.7 Å². The Labute approximate surface area is 182 Å². The lowest BCUT2D eigenvalue weighted by Crippen LogP contribution is -2.43. The van der Waals surface area contributed by atoms with Gasteiger partial charge in [0.1, 0.15) is 11.9 Å². The van der Waals surface area contributed by atoms with Crippen LogP contribution in [0.2, 0.25) is 18.1 Å². The van der Waals surface area contributed by atoms with Crippen molar-refractivity contribution >= 4 is 8.32 Å². The zero-order valence-electron chi connectivity index (χ0n) is 19.0. The third-order valence-corrected chi connectivity index (χ3v) is 11.5. The summed E-state index contributed by atoms with van der Waals surface area (Å²) in [5.74, 6) is 2.80. The maximum Gasteiger partial charge on any atom is 0.250 e. The predicted molar refractivity (Wildman–Crippen MR) is 126 cm³/mol. The van der Waals surface area contributed by atoms with Gasteiger partial charge in [-0.15, -0.1) is 0 Å². The summed E-state index contributed by atoms with van der Waals surface area (Å²) >= 11 is 0. The molecule has 2 aromatic rings. The van der Waals surface area contributed by atoms with Crippen LogP contribution in [0.25, 0.3) is 0 Å². The highest BCUT2D eigenvalue weighted by molar-refractivity contribution is 6.74. The minimum absolute atomic E-state index is 0.0881. The van der Waals surface area contributed by atoms with E-state index in [4.69, 9.17) is 9.16 Å². The molecule has 2 aliphatic rings. The first-order valence-electron chi connectivity index (χ1n) is 11.0. The van der Waals surface area contributed by atoms with Crippen LogP contribution in [0, 0.1) is 11.8 Å². The second kappa shape index (κ2) is 7.90. The lowest BCUT2D eigenvalue weighted by atomic mass is 9.89. The Morgan fingerprint density at radius 1 is 1.03 bits per heavy atom. The highest BCUT2D eigenvalue weighted by Gasteiger charge is 2.47. The van der Waals surface area contributed by atoms with Gasteiger partial charge in [-0.05, 0) is 41.4 Å². The Morgan fingerprint density at radius 2 is 1.70 bits per heavy atom. The molecule has 1 unspecified atom stereocenters. The maximum absolute atomic E-state index is 6.45. The molecule has 0 aliphatic carbocycles. The summed E-state index contributed by atoms with van der Waals surface area (Å²) in [5.41, 5.74) is 2.60. The summed E-state index contributed by atoms with van der Waals surface area (Å²) in [5, 5.41) is 0.192. The highest BCUT2D eigenvalue weighted by Crippen LogP contribution is 2.48. The summed E-state index contributed by atoms with van der Waals surface area (Å²) in [7, 11) is -1.83. The third kappa shape index (κ3) is 4.21. The summed E-state index contributed by atoms with van der Waals surface area (Å²) in [6, 6.07) is 19.3. The van der Waals surface area contributed by atoms with Gasteiger partial charge >= 0.3 is 0 Å². The number of hydrogen-bond acceptors (Lipinski definition) is 3. The zero-order chi connectivity index (χ0) is 21.5. The molecule has 0 spiro atoms. The number of rotatable bonds is 5. The molecule has 4 heteroatoms. The second-order valence-corrected chi connectivity index (χ2v) is 15.1. The minimum atomic E-state index is -1.83. The third-order valence-electron chi connectivity index (χ3n) is 7.16. The van der Waals surface area contributed by atoms with E-state index in [1.807, 2.05) is 0 Å². The number of likely N-dealkylation sites (tertiary alicyclic amines) is 1. The fourth-order valence-corrected chi connectivity index (χ4v) is 5.39. The zero-order valence-corrected chi connectivity index (χ0v) is 20.0. The van der Waals surface area contributed by atoms with E-state index in [2.05, 4.69) is 99.9 Å². The van der Waals surface area contributed by atoms with Gasteiger partial charge in [-0.2, -0.15) is 0 Å². The van der Waals surface area contributed by atoms with Crippen LogP contribution in [-0.4, -0.2) is 26.3 Å². The molecule has 3 nitrogen and oxygen atoms in total. The first-order chi connectivity index (χ1) is 14.1. The van der Waals surface area contributed by atoms with Crippen LogP contribution < -0.4 is 4.43 Å². The molecule has 0 aromatic heterocycles. The van der Waals surface area contributed by atoms with Crippen molar-refractivity contribution in [3.05, 3.63) is 78.1 Å². The van der Waals surface area contributed by atoms with Gasteiger partial charge in [0.2, 0.25) is 8.32 Å². The van der Waals surface area contributed by atoms with E-state index >= 15 is 0 Å². The first kappa shape index (κ1) is 21.2. The molecule has 4 rings (SSSR count). The van der Waals surface area contributed by atoms with Crippen LogP contribution in [-0.2, 0) is 11.3 Å². The molecule has 30 heavy (non-hydrogen) atoms. The fourth-order valence-electron chi connectivity index (χ4n) is 4.36. The quantitative estimate of drug-likeness (QED) is 0.521. The second-order valence-electron chi connectivity index (χ2n) is 10.4. The van der Waals surface area contributed by atoms with Crippen LogP contribution >= 0.6 is 0 Å². The van der Waals surface area contributed by atoms with Gasteiger partial charge in [-0.3, -0.25) is 4.90 Å². The molecule has 0 amide bonds. The number of benzene rings is 2. The summed E-state index contributed by atoms with van der Waals surface area (Å²) in [6.45, 7) is 18.7. The highest BCUT2D eigenvalue weighted by atomic mass is 28.4. The summed E-state index contributed by atoms with van der Waals surface area (Å²) in [6.07, 6.45) is 0.0881. The lowest BCUT2D eigenvalue weighted by Gasteiger charge is -2.36. The molecule has 2 fully saturated rings. The molecule has 0 N–H and O–H groups in total. The van der Waals surface area contributed by atoms with Gasteiger partial charge in [0.15, 0.2) is 0 Å². The monoisotopic (exact) mass is 421 g/mol. The average molecular weight is 422 g/mol. The van der Waals surface area contributed by atoms with Crippen molar-refractivity contribution in [1.29, 1.82) is 0 Å². The average Bonchev–Trinajstić information content (AvgIpc) is 3.22. The van der Waals surface area contributed by atoms with Gasteiger partial charge in [-0.25, -0.2) is 0 Å². The van der Waals surface area contributed by atoms with Crippen LogP contribution in [0.1, 0.15) is 38.0 Å². The first-order valence-corrected chi connectivity index (χ1v) is 14.0. The minimum Gasteiger partial charge on any atom is -0.544 e. The van der Waals surface area contributed by atoms with Gasteiger partial charge in [0, 0.05) is 31.5 Å². The fraction of sp³-hybridized carbons (Fsp3) is 0.462. The van der Waals surface area contributed by atoms with Gasteiger partial charge in [-0.1, -0.05) is 69.8 Å². The van der Waals surface area contributed by atoms with Crippen molar-refractivity contribution in [3.8, 4) is 5.75 Å². The van der Waals surface area contributed by atoms with Crippen molar-refractivity contribution in [2.75, 3.05) is 13.1 Å². The van der Waals surface area contributed by atoms with Crippen LogP contribution in [0.15, 0.2) is 66.9 Å². The Balaban J connectivity index is 1.45. The van der Waals surface area contributed by atoms with Crippen LogP contribution in [0.3, 0.4) is 0 Å². The van der Waals surface area contributed by atoms with E-state index < -0.39 is 8.32 Å². The van der Waals surface area contributed by atoms with Crippen molar-refractivity contribution in [3.63, 3.8) is 0 Å². The Morgan fingerprint density at radius 3 is 2.33 bits per heavy atom. The van der Waals surface area contributed by atoms with Crippen molar-refractivity contribution in [1.82, 2.24) is 4.90 Å². The SMILES string of the molecule is C=C1OC(c2ccc(O[Si](C)(C)C(C)(C)C)cc2)[C@@H]2CN(Cc3ccccc3)C[C@H]12. The van der Waals surface area contributed by atoms with Crippen molar-refractivity contribution in [2.24, 2.45) is 11.8 Å². The molecular formula is C26H35NO2Si.